The number of hydrogen-bond acceptors (Lipinski definition) is 4. The van der Waals surface area contributed by atoms with Gasteiger partial charge in [0, 0.05) is 29.7 Å². The van der Waals surface area contributed by atoms with E-state index in [-0.39, 0.29) is 18.0 Å². The molecule has 0 aromatic heterocycles. The lowest BCUT2D eigenvalue weighted by Gasteiger charge is -2.35. The summed E-state index contributed by atoms with van der Waals surface area (Å²) in [7, 11) is 0. The monoisotopic (exact) mass is 441 g/mol. The number of amides is 1. The lowest BCUT2D eigenvalue weighted by atomic mass is 10.0. The van der Waals surface area contributed by atoms with Gasteiger partial charge in [-0.3, -0.25) is 9.69 Å². The second-order valence-corrected chi connectivity index (χ2v) is 9.07. The molecule has 2 aliphatic rings. The number of benzene rings is 1. The van der Waals surface area contributed by atoms with E-state index in [1.54, 1.807) is 12.1 Å². The molecule has 0 saturated carbocycles. The summed E-state index contributed by atoms with van der Waals surface area (Å²) in [6, 6.07) is 5.03. The molecule has 2 saturated heterocycles. The smallest absolute Gasteiger partial charge is 0.237 e. The second kappa shape index (κ2) is 11.0. The summed E-state index contributed by atoms with van der Waals surface area (Å²) in [4.78, 5) is 17.5. The molecule has 5 nitrogen and oxygen atoms in total. The van der Waals surface area contributed by atoms with Crippen LogP contribution in [0.25, 0.3) is 0 Å². The van der Waals surface area contributed by atoms with E-state index in [9.17, 15) is 4.79 Å². The molecule has 2 fully saturated rings. The predicted octanol–water partition coefficient (Wildman–Crippen LogP) is 4.14. The van der Waals surface area contributed by atoms with Crippen LogP contribution >= 0.6 is 23.2 Å². The number of piperidine rings is 1. The molecule has 0 spiro atoms. The molecule has 1 amide bonds. The number of ether oxygens (including phenoxy) is 1. The lowest BCUT2D eigenvalue weighted by Crippen LogP contribution is -2.49. The fourth-order valence-corrected chi connectivity index (χ4v) is 4.79. The Morgan fingerprint density at radius 2 is 1.86 bits per heavy atom. The highest BCUT2D eigenvalue weighted by atomic mass is 35.5. The summed E-state index contributed by atoms with van der Waals surface area (Å²) in [5, 5.41) is 4.25. The van der Waals surface area contributed by atoms with Gasteiger partial charge in [-0.25, -0.2) is 0 Å². The zero-order chi connectivity index (χ0) is 20.8. The number of hydrogen-bond donors (Lipinski definition) is 1. The Bertz CT molecular complexity index is 674. The highest BCUT2D eigenvalue weighted by Crippen LogP contribution is 2.26. The van der Waals surface area contributed by atoms with Gasteiger partial charge >= 0.3 is 0 Å². The maximum Gasteiger partial charge on any atom is 0.237 e. The number of nitrogens with zero attached hydrogens (tertiary/aromatic N) is 2. The van der Waals surface area contributed by atoms with E-state index in [0.29, 0.717) is 16.1 Å². The molecule has 1 aromatic carbocycles. The molecule has 3 rings (SSSR count). The third kappa shape index (κ3) is 6.56. The maximum atomic E-state index is 12.7. The van der Waals surface area contributed by atoms with E-state index in [0.717, 1.165) is 44.6 Å². The van der Waals surface area contributed by atoms with E-state index in [1.807, 2.05) is 19.9 Å². The van der Waals surface area contributed by atoms with E-state index in [4.69, 9.17) is 27.9 Å². The van der Waals surface area contributed by atoms with Crippen molar-refractivity contribution in [3.8, 4) is 0 Å². The lowest BCUT2D eigenvalue weighted by molar-refractivity contribution is -0.127. The van der Waals surface area contributed by atoms with Crippen molar-refractivity contribution >= 4 is 29.1 Å². The summed E-state index contributed by atoms with van der Waals surface area (Å²) in [6.45, 7) is 9.99. The van der Waals surface area contributed by atoms with Gasteiger partial charge in [-0.2, -0.15) is 0 Å². The van der Waals surface area contributed by atoms with Crippen LogP contribution in [0.5, 0.6) is 0 Å². The van der Waals surface area contributed by atoms with E-state index >= 15 is 0 Å². The maximum absolute atomic E-state index is 12.7. The number of carbonyl (C=O) groups excluding carboxylic acids is 1. The molecule has 29 heavy (non-hydrogen) atoms. The van der Waals surface area contributed by atoms with Crippen molar-refractivity contribution in [1.82, 2.24) is 15.1 Å². The Labute approximate surface area is 184 Å². The minimum atomic E-state index is -0.172. The van der Waals surface area contributed by atoms with Gasteiger partial charge in [-0.15, -0.1) is 0 Å². The second-order valence-electron chi connectivity index (χ2n) is 8.23. The molecule has 2 atom stereocenters. The largest absolute Gasteiger partial charge is 0.377 e. The topological polar surface area (TPSA) is 44.8 Å². The van der Waals surface area contributed by atoms with Crippen molar-refractivity contribution in [2.75, 3.05) is 39.3 Å². The van der Waals surface area contributed by atoms with Crippen LogP contribution in [-0.2, 0) is 9.53 Å². The third-order valence-electron chi connectivity index (χ3n) is 6.15. The summed E-state index contributed by atoms with van der Waals surface area (Å²) >= 11 is 12.2. The first-order valence-corrected chi connectivity index (χ1v) is 11.5. The van der Waals surface area contributed by atoms with Crippen molar-refractivity contribution in [3.05, 3.63) is 33.8 Å². The van der Waals surface area contributed by atoms with Crippen molar-refractivity contribution in [2.24, 2.45) is 0 Å². The normalized spacial score (nSPS) is 21.2. The van der Waals surface area contributed by atoms with Crippen molar-refractivity contribution in [2.45, 2.75) is 57.7 Å². The van der Waals surface area contributed by atoms with Gasteiger partial charge in [-0.05, 0) is 70.3 Å². The van der Waals surface area contributed by atoms with E-state index < -0.39 is 0 Å². The average molecular weight is 442 g/mol. The van der Waals surface area contributed by atoms with Crippen molar-refractivity contribution in [3.63, 3.8) is 0 Å². The molecular formula is C22H33Cl2N3O2. The Morgan fingerprint density at radius 1 is 1.17 bits per heavy atom. The van der Waals surface area contributed by atoms with Crippen molar-refractivity contribution in [1.29, 1.82) is 0 Å². The van der Waals surface area contributed by atoms with Gasteiger partial charge in [0.2, 0.25) is 5.91 Å². The van der Waals surface area contributed by atoms with Crippen LogP contribution in [0.4, 0.5) is 0 Å². The van der Waals surface area contributed by atoms with Crippen LogP contribution < -0.4 is 5.32 Å². The van der Waals surface area contributed by atoms with Gasteiger partial charge in [0.25, 0.3) is 0 Å². The number of rotatable bonds is 8. The average Bonchev–Trinajstić information content (AvgIpc) is 3.21. The molecule has 0 bridgehead atoms. The first-order chi connectivity index (χ1) is 13.9. The number of carbonyl (C=O) groups is 1. The zero-order valence-corrected chi connectivity index (χ0v) is 19.0. The molecule has 2 heterocycles. The van der Waals surface area contributed by atoms with Crippen LogP contribution in [0.2, 0.25) is 10.0 Å². The molecule has 1 N–H and O–H groups in total. The fourth-order valence-electron chi connectivity index (χ4n) is 4.21. The van der Waals surface area contributed by atoms with Gasteiger partial charge in [-0.1, -0.05) is 29.3 Å². The predicted molar refractivity (Wildman–Crippen MR) is 119 cm³/mol. The Balaban J connectivity index is 1.39. The summed E-state index contributed by atoms with van der Waals surface area (Å²) in [5.74, 6) is 0.0249. The van der Waals surface area contributed by atoms with Crippen LogP contribution in [-0.4, -0.2) is 67.2 Å². The molecule has 2 aliphatic heterocycles. The SMILES string of the molecule is C[C@H](NC(=O)[C@@H](C)N1CCC(OCCN2CCCC2)CC1)c1ccc(Cl)cc1Cl. The number of likely N-dealkylation sites (tertiary alicyclic amines) is 2. The summed E-state index contributed by atoms with van der Waals surface area (Å²) in [6.07, 6.45) is 4.92. The zero-order valence-electron chi connectivity index (χ0n) is 17.5. The van der Waals surface area contributed by atoms with E-state index in [2.05, 4.69) is 15.1 Å². The number of halogens is 2. The van der Waals surface area contributed by atoms with Gasteiger partial charge in [0.15, 0.2) is 0 Å². The Hall–Kier alpha value is -0.850. The third-order valence-corrected chi connectivity index (χ3v) is 6.71. The van der Waals surface area contributed by atoms with E-state index in [1.165, 1.54) is 25.9 Å². The standard InChI is InChI=1S/C22H33Cl2N3O2/c1-16(20-6-5-18(23)15-21(20)24)25-22(28)17(2)27-11-7-19(8-12-27)29-14-13-26-9-3-4-10-26/h5-6,15-17,19H,3-4,7-14H2,1-2H3,(H,25,28)/t16-,17+/m0/s1. The quantitative estimate of drug-likeness (QED) is 0.658. The highest BCUT2D eigenvalue weighted by Gasteiger charge is 2.28. The molecule has 0 radical (unpaired) electrons. The highest BCUT2D eigenvalue weighted by molar-refractivity contribution is 6.35. The summed E-state index contributed by atoms with van der Waals surface area (Å²) < 4.78 is 6.08. The van der Waals surface area contributed by atoms with Crippen LogP contribution in [0.3, 0.4) is 0 Å². The molecule has 162 valence electrons. The van der Waals surface area contributed by atoms with Crippen LogP contribution in [0.15, 0.2) is 18.2 Å². The first-order valence-electron chi connectivity index (χ1n) is 10.8. The van der Waals surface area contributed by atoms with Crippen LogP contribution in [0, 0.1) is 0 Å². The molecular weight excluding hydrogens is 409 g/mol. The molecule has 7 heteroatoms. The summed E-state index contributed by atoms with van der Waals surface area (Å²) in [5.41, 5.74) is 0.877. The number of nitrogens with one attached hydrogen (secondary N) is 1. The van der Waals surface area contributed by atoms with Gasteiger partial charge in [0.1, 0.15) is 0 Å². The minimum Gasteiger partial charge on any atom is -0.377 e. The van der Waals surface area contributed by atoms with Crippen LogP contribution in [0.1, 0.15) is 51.1 Å². The van der Waals surface area contributed by atoms with Gasteiger partial charge < -0.3 is 15.0 Å². The molecule has 0 unspecified atom stereocenters. The Morgan fingerprint density at radius 3 is 2.52 bits per heavy atom. The minimum absolute atomic E-state index is 0.0249. The fraction of sp³-hybridized carbons (Fsp3) is 0.682. The first kappa shape index (κ1) is 22.8. The van der Waals surface area contributed by atoms with Crippen molar-refractivity contribution < 1.29 is 9.53 Å². The van der Waals surface area contributed by atoms with Gasteiger partial charge in [0.05, 0.1) is 24.8 Å². The molecule has 1 aromatic rings. The Kier molecular flexibility index (Phi) is 8.63. The molecule has 0 aliphatic carbocycles.